The molecule has 6 aromatic carbocycles. The van der Waals surface area contributed by atoms with Crippen molar-refractivity contribution in [2.45, 2.75) is 12.3 Å². The Morgan fingerprint density at radius 2 is 1.03 bits per heavy atom. The maximum Gasteiger partial charge on any atom is 0.0175 e. The lowest BCUT2D eigenvalue weighted by molar-refractivity contribution is 0.812. The average Bonchev–Trinajstić information content (AvgIpc) is 2.97. The van der Waals surface area contributed by atoms with Crippen LogP contribution in [0.1, 0.15) is 22.6 Å². The van der Waals surface area contributed by atoms with Crippen LogP contribution in [0.4, 0.5) is 0 Å². The van der Waals surface area contributed by atoms with Gasteiger partial charge in [0.1, 0.15) is 0 Å². The number of hydrogen-bond donors (Lipinski definition) is 0. The van der Waals surface area contributed by atoms with Crippen LogP contribution in [0.15, 0.2) is 150 Å². The van der Waals surface area contributed by atoms with Crippen LogP contribution in [0.3, 0.4) is 0 Å². The summed E-state index contributed by atoms with van der Waals surface area (Å²) in [6.07, 6.45) is 0.952. The van der Waals surface area contributed by atoms with Gasteiger partial charge in [0.25, 0.3) is 0 Å². The summed E-state index contributed by atoms with van der Waals surface area (Å²) in [5, 5.41) is 2.62. The molecule has 0 spiro atoms. The maximum atomic E-state index is 3.55. The van der Waals surface area contributed by atoms with Crippen LogP contribution in [-0.4, -0.2) is 0 Å². The molecule has 0 unspecified atom stereocenters. The zero-order valence-corrected chi connectivity index (χ0v) is 22.1. The molecule has 0 aromatic heterocycles. The lowest BCUT2D eigenvalue weighted by Gasteiger charge is -2.22. The standard InChI is InChI=1S/C36H27Br/c37-31-21-19-28(20-22-31)27-15-17-30(18-16-27)36(25-26-9-3-1-4-10-26)35-24-23-32(29-11-5-2-6-12-29)33-13-7-8-14-34(33)35/h1-24,36H,25H2/t36-/m1/s1. The number of hydrogen-bond acceptors (Lipinski definition) is 0. The molecule has 0 saturated heterocycles. The summed E-state index contributed by atoms with van der Waals surface area (Å²) in [6, 6.07) is 52.7. The van der Waals surface area contributed by atoms with Gasteiger partial charge in [-0.2, -0.15) is 0 Å². The highest BCUT2D eigenvalue weighted by Gasteiger charge is 2.19. The van der Waals surface area contributed by atoms with E-state index < -0.39 is 0 Å². The van der Waals surface area contributed by atoms with Crippen molar-refractivity contribution in [3.8, 4) is 22.3 Å². The molecule has 0 radical (unpaired) electrons. The molecule has 37 heavy (non-hydrogen) atoms. The zero-order chi connectivity index (χ0) is 25.0. The first-order valence-electron chi connectivity index (χ1n) is 12.7. The third-order valence-corrected chi connectivity index (χ3v) is 7.72. The lowest BCUT2D eigenvalue weighted by Crippen LogP contribution is -2.06. The van der Waals surface area contributed by atoms with Gasteiger partial charge < -0.3 is 0 Å². The Balaban J connectivity index is 1.47. The van der Waals surface area contributed by atoms with Gasteiger partial charge in [0.05, 0.1) is 0 Å². The van der Waals surface area contributed by atoms with Gasteiger partial charge in [-0.15, -0.1) is 0 Å². The minimum Gasteiger partial charge on any atom is -0.0622 e. The van der Waals surface area contributed by atoms with Gasteiger partial charge in [0.15, 0.2) is 0 Å². The molecule has 6 rings (SSSR count). The van der Waals surface area contributed by atoms with Gasteiger partial charge in [0.2, 0.25) is 0 Å². The van der Waals surface area contributed by atoms with E-state index in [1.165, 1.54) is 49.7 Å². The third kappa shape index (κ3) is 5.01. The van der Waals surface area contributed by atoms with Crippen molar-refractivity contribution in [3.63, 3.8) is 0 Å². The molecule has 0 aliphatic carbocycles. The summed E-state index contributed by atoms with van der Waals surface area (Å²) in [5.41, 5.74) is 9.05. The highest BCUT2D eigenvalue weighted by Crippen LogP contribution is 2.38. The smallest absolute Gasteiger partial charge is 0.0175 e. The first kappa shape index (κ1) is 23.5. The highest BCUT2D eigenvalue weighted by molar-refractivity contribution is 9.10. The van der Waals surface area contributed by atoms with E-state index in [1.807, 2.05) is 0 Å². The number of halogens is 1. The zero-order valence-electron chi connectivity index (χ0n) is 20.5. The van der Waals surface area contributed by atoms with E-state index >= 15 is 0 Å². The fourth-order valence-corrected chi connectivity index (χ4v) is 5.57. The van der Waals surface area contributed by atoms with Crippen LogP contribution in [0.5, 0.6) is 0 Å². The van der Waals surface area contributed by atoms with E-state index in [-0.39, 0.29) is 5.92 Å². The van der Waals surface area contributed by atoms with Gasteiger partial charge in [-0.25, -0.2) is 0 Å². The largest absolute Gasteiger partial charge is 0.0622 e. The summed E-state index contributed by atoms with van der Waals surface area (Å²) in [7, 11) is 0. The van der Waals surface area contributed by atoms with Crippen molar-refractivity contribution in [2.75, 3.05) is 0 Å². The first-order valence-corrected chi connectivity index (χ1v) is 13.5. The molecule has 0 amide bonds. The topological polar surface area (TPSA) is 0 Å². The number of fused-ring (bicyclic) bond motifs is 1. The Bertz CT molecular complexity index is 1620. The Morgan fingerprint density at radius 3 is 1.70 bits per heavy atom. The van der Waals surface area contributed by atoms with Gasteiger partial charge >= 0.3 is 0 Å². The average molecular weight is 540 g/mol. The van der Waals surface area contributed by atoms with E-state index in [1.54, 1.807) is 0 Å². The minimum absolute atomic E-state index is 0.246. The molecule has 0 aliphatic heterocycles. The van der Waals surface area contributed by atoms with Crippen molar-refractivity contribution in [3.05, 3.63) is 167 Å². The van der Waals surface area contributed by atoms with E-state index in [2.05, 4.69) is 162 Å². The van der Waals surface area contributed by atoms with Gasteiger partial charge in [-0.05, 0) is 68.3 Å². The molecule has 1 heteroatoms. The molecule has 178 valence electrons. The van der Waals surface area contributed by atoms with Gasteiger partial charge in [-0.1, -0.05) is 149 Å². The monoisotopic (exact) mass is 538 g/mol. The third-order valence-electron chi connectivity index (χ3n) is 7.19. The second kappa shape index (κ2) is 10.6. The summed E-state index contributed by atoms with van der Waals surface area (Å²) >= 11 is 3.55. The quantitative estimate of drug-likeness (QED) is 0.198. The summed E-state index contributed by atoms with van der Waals surface area (Å²) in [6.45, 7) is 0. The first-order chi connectivity index (χ1) is 18.3. The van der Waals surface area contributed by atoms with Crippen molar-refractivity contribution in [2.24, 2.45) is 0 Å². The molecule has 0 heterocycles. The number of rotatable bonds is 6. The fraction of sp³-hybridized carbons (Fsp3) is 0.0556. The second-order valence-corrected chi connectivity index (χ2v) is 10.4. The molecule has 0 nitrogen and oxygen atoms in total. The Kier molecular flexibility index (Phi) is 6.71. The predicted octanol–water partition coefficient (Wildman–Crippen LogP) is 10.3. The lowest BCUT2D eigenvalue weighted by atomic mass is 9.82. The molecular formula is C36H27Br. The second-order valence-electron chi connectivity index (χ2n) is 9.49. The van der Waals surface area contributed by atoms with Crippen molar-refractivity contribution >= 4 is 26.7 Å². The molecule has 1 atom stereocenters. The van der Waals surface area contributed by atoms with Gasteiger partial charge in [0, 0.05) is 10.4 Å². The van der Waals surface area contributed by atoms with Crippen LogP contribution >= 0.6 is 15.9 Å². The van der Waals surface area contributed by atoms with Gasteiger partial charge in [-0.3, -0.25) is 0 Å². The minimum atomic E-state index is 0.246. The fourth-order valence-electron chi connectivity index (χ4n) is 5.30. The van der Waals surface area contributed by atoms with Crippen molar-refractivity contribution in [1.82, 2.24) is 0 Å². The summed E-state index contributed by atoms with van der Waals surface area (Å²) < 4.78 is 1.10. The van der Waals surface area contributed by atoms with Crippen LogP contribution in [0.25, 0.3) is 33.0 Å². The van der Waals surface area contributed by atoms with E-state index in [4.69, 9.17) is 0 Å². The Labute approximate surface area is 227 Å². The van der Waals surface area contributed by atoms with Crippen LogP contribution in [0.2, 0.25) is 0 Å². The van der Waals surface area contributed by atoms with E-state index in [9.17, 15) is 0 Å². The Morgan fingerprint density at radius 1 is 0.459 bits per heavy atom. The normalized spacial score (nSPS) is 11.9. The van der Waals surface area contributed by atoms with E-state index in [0.29, 0.717) is 0 Å². The van der Waals surface area contributed by atoms with Crippen molar-refractivity contribution in [1.29, 1.82) is 0 Å². The predicted molar refractivity (Wildman–Crippen MR) is 161 cm³/mol. The number of benzene rings is 6. The molecule has 0 saturated carbocycles. The summed E-state index contributed by atoms with van der Waals surface area (Å²) in [4.78, 5) is 0. The molecule has 0 fully saturated rings. The highest BCUT2D eigenvalue weighted by atomic mass is 79.9. The Hall–Kier alpha value is -3.94. The molecule has 0 N–H and O–H groups in total. The van der Waals surface area contributed by atoms with Crippen LogP contribution in [-0.2, 0) is 6.42 Å². The van der Waals surface area contributed by atoms with E-state index in [0.717, 1.165) is 10.9 Å². The molecule has 0 aliphatic rings. The SMILES string of the molecule is Brc1ccc(-c2ccc([C@@H](Cc3ccccc3)c3ccc(-c4ccccc4)c4ccccc34)cc2)cc1. The molecular weight excluding hydrogens is 512 g/mol. The molecule has 6 aromatic rings. The van der Waals surface area contributed by atoms with Crippen LogP contribution in [0, 0.1) is 0 Å². The molecule has 0 bridgehead atoms. The van der Waals surface area contributed by atoms with Crippen molar-refractivity contribution < 1.29 is 0 Å². The van der Waals surface area contributed by atoms with Crippen LogP contribution < -0.4 is 0 Å². The summed E-state index contributed by atoms with van der Waals surface area (Å²) in [5.74, 6) is 0.246. The maximum absolute atomic E-state index is 3.55.